The summed E-state index contributed by atoms with van der Waals surface area (Å²) < 4.78 is 75.1. The topological polar surface area (TPSA) is 109 Å². The van der Waals surface area contributed by atoms with E-state index in [2.05, 4.69) is 0 Å². The molecule has 9 nitrogen and oxygen atoms in total. The second-order valence-electron chi connectivity index (χ2n) is 6.13. The van der Waals surface area contributed by atoms with E-state index in [0.717, 1.165) is 12.3 Å². The third-order valence-electron chi connectivity index (χ3n) is 3.91. The van der Waals surface area contributed by atoms with Gasteiger partial charge in [-0.15, -0.1) is 0 Å². The number of alkyl halides is 3. The Morgan fingerprint density at radius 3 is 2.69 bits per heavy atom. The molecule has 146 valence electrons. The summed E-state index contributed by atoms with van der Waals surface area (Å²) in [4.78, 5) is 24.8. The van der Waals surface area contributed by atoms with Gasteiger partial charge >= 0.3 is 13.5 Å². The number of halogens is 3. The van der Waals surface area contributed by atoms with Crippen molar-refractivity contribution in [2.75, 3.05) is 6.61 Å². The molecule has 1 aromatic heterocycles. The molecule has 2 aliphatic heterocycles. The molecule has 0 aromatic carbocycles. The van der Waals surface area contributed by atoms with Crippen molar-refractivity contribution in [3.63, 3.8) is 0 Å². The minimum atomic E-state index is -4.30. The average molecular weight is 400 g/mol. The lowest BCUT2D eigenvalue weighted by Crippen LogP contribution is -2.55. The molecule has 1 N–H and O–H groups in total. The highest BCUT2D eigenvalue weighted by atomic mass is 31.2. The zero-order valence-electron chi connectivity index (χ0n) is 13.6. The van der Waals surface area contributed by atoms with Crippen molar-refractivity contribution >= 4 is 7.82 Å². The molecule has 3 heterocycles. The van der Waals surface area contributed by atoms with Crippen LogP contribution >= 0.6 is 7.82 Å². The Morgan fingerprint density at radius 2 is 2.12 bits per heavy atom. The number of rotatable bonds is 4. The lowest BCUT2D eigenvalue weighted by molar-refractivity contribution is -0.208. The smallest absolute Gasteiger partial charge is 0.337 e. The number of hydrogen-bond acceptors (Lipinski definition) is 7. The highest BCUT2D eigenvalue weighted by Crippen LogP contribution is 2.61. The first-order valence-electron chi connectivity index (χ1n) is 7.61. The van der Waals surface area contributed by atoms with Gasteiger partial charge in [-0.3, -0.25) is 27.9 Å². The lowest BCUT2D eigenvalue weighted by Gasteiger charge is -2.39. The van der Waals surface area contributed by atoms with Crippen LogP contribution in [-0.4, -0.2) is 46.6 Å². The molecule has 5 unspecified atom stereocenters. The van der Waals surface area contributed by atoms with Gasteiger partial charge < -0.3 is 4.74 Å². The van der Waals surface area contributed by atoms with Crippen LogP contribution in [0.25, 0.3) is 0 Å². The van der Waals surface area contributed by atoms with E-state index < -0.39 is 62.3 Å². The van der Waals surface area contributed by atoms with Crippen LogP contribution in [0.2, 0.25) is 0 Å². The first-order chi connectivity index (χ1) is 12.1. The van der Waals surface area contributed by atoms with E-state index in [9.17, 15) is 27.3 Å². The molecule has 1 aromatic rings. The molecule has 2 saturated heterocycles. The summed E-state index contributed by atoms with van der Waals surface area (Å²) in [5, 5.41) is 0. The van der Waals surface area contributed by atoms with Gasteiger partial charge in [0.15, 0.2) is 18.0 Å². The van der Waals surface area contributed by atoms with Gasteiger partial charge in [0.1, 0.15) is 6.10 Å². The first kappa shape index (κ1) is 19.3. The van der Waals surface area contributed by atoms with Crippen LogP contribution in [-0.2, 0) is 22.9 Å². The number of phosphoric ester groups is 1. The Morgan fingerprint density at radius 1 is 1.42 bits per heavy atom. The molecule has 13 heteroatoms. The van der Waals surface area contributed by atoms with E-state index >= 15 is 0 Å². The van der Waals surface area contributed by atoms with Crippen molar-refractivity contribution < 1.29 is 36.0 Å². The number of aromatic nitrogens is 2. The van der Waals surface area contributed by atoms with Crippen LogP contribution < -0.4 is 11.2 Å². The van der Waals surface area contributed by atoms with Crippen molar-refractivity contribution in [2.45, 2.75) is 50.5 Å². The van der Waals surface area contributed by atoms with Gasteiger partial charge in [0.05, 0.1) is 12.7 Å². The minimum absolute atomic E-state index is 0.603. The minimum Gasteiger partial charge on any atom is -0.337 e. The fourth-order valence-electron chi connectivity index (χ4n) is 2.78. The largest absolute Gasteiger partial charge is 0.475 e. The predicted octanol–water partition coefficient (Wildman–Crippen LogP) is 1.36. The van der Waals surface area contributed by atoms with Gasteiger partial charge in [0, 0.05) is 12.3 Å². The van der Waals surface area contributed by atoms with Crippen LogP contribution in [0.3, 0.4) is 0 Å². The van der Waals surface area contributed by atoms with Gasteiger partial charge in [-0.1, -0.05) is 0 Å². The molecule has 2 fully saturated rings. The predicted molar refractivity (Wildman–Crippen MR) is 79.7 cm³/mol. The van der Waals surface area contributed by atoms with E-state index in [1.807, 2.05) is 4.98 Å². The Hall–Kier alpha value is -1.46. The Bertz CT molecular complexity index is 844. The fourth-order valence-corrected chi connectivity index (χ4v) is 4.40. The number of aromatic amines is 1. The molecule has 26 heavy (non-hydrogen) atoms. The number of ether oxygens (including phenoxy) is 1. The third-order valence-corrected chi connectivity index (χ3v) is 5.52. The SMILES string of the molecule is CC(C)OP1(=O)OCC2(C(F)F)OC(n3ccc(=O)[nH]c3=O)C(F)C2O1. The van der Waals surface area contributed by atoms with Crippen molar-refractivity contribution in [3.8, 4) is 0 Å². The standard InChI is InChI=1S/C13H16F3N2O7P/c1-6(2)24-26(21)22-5-13(11(15)16)9(25-26)8(14)10(23-13)18-4-3-7(19)17-12(18)20/h3-4,6,8-11H,5H2,1-2H3,(H,17,19,20). The van der Waals surface area contributed by atoms with Gasteiger partial charge in [-0.2, -0.15) is 0 Å². The zero-order chi connectivity index (χ0) is 19.3. The van der Waals surface area contributed by atoms with E-state index in [1.54, 1.807) is 0 Å². The summed E-state index contributed by atoms with van der Waals surface area (Å²) in [6.07, 6.45) is -9.17. The second kappa shape index (κ2) is 6.61. The molecular formula is C13H16F3N2O7P. The normalized spacial score (nSPS) is 37.3. The molecular weight excluding hydrogens is 384 g/mol. The van der Waals surface area contributed by atoms with E-state index in [4.69, 9.17) is 18.3 Å². The summed E-state index contributed by atoms with van der Waals surface area (Å²) >= 11 is 0. The summed E-state index contributed by atoms with van der Waals surface area (Å²) in [5.41, 5.74) is -4.40. The van der Waals surface area contributed by atoms with Gasteiger partial charge in [-0.05, 0) is 13.8 Å². The first-order valence-corrected chi connectivity index (χ1v) is 9.07. The fraction of sp³-hybridized carbons (Fsp3) is 0.692. The van der Waals surface area contributed by atoms with Crippen molar-refractivity contribution in [3.05, 3.63) is 33.1 Å². The number of hydrogen-bond donors (Lipinski definition) is 1. The van der Waals surface area contributed by atoms with Crippen LogP contribution in [0.5, 0.6) is 0 Å². The molecule has 0 bridgehead atoms. The van der Waals surface area contributed by atoms with Gasteiger partial charge in [0.2, 0.25) is 0 Å². The number of fused-ring (bicyclic) bond motifs is 1. The Kier molecular flexibility index (Phi) is 4.91. The number of nitrogens with zero attached hydrogens (tertiary/aromatic N) is 1. The lowest BCUT2D eigenvalue weighted by atomic mass is 9.97. The van der Waals surface area contributed by atoms with Crippen molar-refractivity contribution in [1.29, 1.82) is 0 Å². The summed E-state index contributed by atoms with van der Waals surface area (Å²) in [6.45, 7) is 2.04. The maximum absolute atomic E-state index is 14.9. The van der Waals surface area contributed by atoms with Gasteiger partial charge in [0.25, 0.3) is 12.0 Å². The van der Waals surface area contributed by atoms with E-state index in [1.165, 1.54) is 13.8 Å². The van der Waals surface area contributed by atoms with Crippen LogP contribution in [0.1, 0.15) is 20.1 Å². The number of phosphoric acid groups is 1. The summed E-state index contributed by atoms with van der Waals surface area (Å²) in [6, 6.07) is 0.901. The second-order valence-corrected chi connectivity index (χ2v) is 7.70. The van der Waals surface area contributed by atoms with Crippen LogP contribution in [0, 0.1) is 0 Å². The molecule has 3 rings (SSSR count). The Labute approximate surface area is 144 Å². The Balaban J connectivity index is 1.99. The van der Waals surface area contributed by atoms with Crippen LogP contribution in [0.15, 0.2) is 21.9 Å². The average Bonchev–Trinajstić information content (AvgIpc) is 2.80. The third kappa shape index (κ3) is 3.16. The quantitative estimate of drug-likeness (QED) is 0.760. The van der Waals surface area contributed by atoms with Crippen LogP contribution in [0.4, 0.5) is 13.2 Å². The number of nitrogens with one attached hydrogen (secondary N) is 1. The maximum atomic E-state index is 14.9. The monoisotopic (exact) mass is 400 g/mol. The molecule has 0 aliphatic carbocycles. The zero-order valence-corrected chi connectivity index (χ0v) is 14.5. The summed E-state index contributed by atoms with van der Waals surface area (Å²) in [5.74, 6) is 0. The van der Waals surface area contributed by atoms with Crippen molar-refractivity contribution in [2.24, 2.45) is 0 Å². The maximum Gasteiger partial charge on any atom is 0.475 e. The van der Waals surface area contributed by atoms with E-state index in [0.29, 0.717) is 4.57 Å². The highest BCUT2D eigenvalue weighted by molar-refractivity contribution is 7.48. The molecule has 0 amide bonds. The number of H-pyrrole nitrogens is 1. The molecule has 2 aliphatic rings. The molecule has 0 spiro atoms. The van der Waals surface area contributed by atoms with E-state index in [-0.39, 0.29) is 0 Å². The molecule has 5 atom stereocenters. The van der Waals surface area contributed by atoms with Crippen molar-refractivity contribution in [1.82, 2.24) is 9.55 Å². The molecule has 0 saturated carbocycles. The highest BCUT2D eigenvalue weighted by Gasteiger charge is 2.67. The summed E-state index contributed by atoms with van der Waals surface area (Å²) in [7, 11) is -4.30. The molecule has 0 radical (unpaired) electrons. The van der Waals surface area contributed by atoms with Gasteiger partial charge in [-0.25, -0.2) is 22.5 Å².